The number of aromatic nitrogens is 1. The molecule has 124 valence electrons. The van der Waals surface area contributed by atoms with Gasteiger partial charge in [-0.3, -0.25) is 4.79 Å². The predicted molar refractivity (Wildman–Crippen MR) is 86.0 cm³/mol. The molecular weight excluding hydrogens is 294 g/mol. The van der Waals surface area contributed by atoms with E-state index in [0.717, 1.165) is 24.1 Å². The Labute approximate surface area is 136 Å². The number of hydrogen-bond donors (Lipinski definition) is 1. The Morgan fingerprint density at radius 3 is 2.70 bits per heavy atom. The molecule has 0 radical (unpaired) electrons. The van der Waals surface area contributed by atoms with Crippen LogP contribution < -0.4 is 10.6 Å². The molecule has 0 spiro atoms. The summed E-state index contributed by atoms with van der Waals surface area (Å²) < 4.78 is 5.00. The van der Waals surface area contributed by atoms with Gasteiger partial charge in [-0.25, -0.2) is 9.78 Å². The molecule has 6 heteroatoms. The fourth-order valence-electron chi connectivity index (χ4n) is 3.60. The number of rotatable bonds is 3. The molecule has 2 N–H and O–H groups in total. The summed E-state index contributed by atoms with van der Waals surface area (Å²) in [6.07, 6.45) is 3.86. The molecule has 2 heterocycles. The second-order valence-corrected chi connectivity index (χ2v) is 6.45. The molecule has 3 rings (SSSR count). The molecule has 1 saturated carbocycles. The minimum absolute atomic E-state index is 0.00687. The van der Waals surface area contributed by atoms with E-state index in [2.05, 4.69) is 11.9 Å². The van der Waals surface area contributed by atoms with Crippen molar-refractivity contribution in [2.75, 3.05) is 11.5 Å². The monoisotopic (exact) mass is 317 g/mol. The van der Waals surface area contributed by atoms with Crippen LogP contribution >= 0.6 is 0 Å². The Hall–Kier alpha value is -1.95. The fraction of sp³-hybridized carbons (Fsp3) is 0.588. The molecule has 0 saturated heterocycles. The number of nitrogens with two attached hydrogens (primary N) is 1. The van der Waals surface area contributed by atoms with Crippen molar-refractivity contribution in [3.63, 3.8) is 0 Å². The Kier molecular flexibility index (Phi) is 4.10. The number of hydrogen-bond acceptors (Lipinski definition) is 5. The van der Waals surface area contributed by atoms with Gasteiger partial charge in [-0.05, 0) is 43.2 Å². The molecule has 1 aromatic heterocycles. The van der Waals surface area contributed by atoms with E-state index in [0.29, 0.717) is 12.5 Å². The first-order valence-electron chi connectivity index (χ1n) is 8.18. The summed E-state index contributed by atoms with van der Waals surface area (Å²) in [4.78, 5) is 30.2. The minimum atomic E-state index is -0.464. The van der Waals surface area contributed by atoms with Gasteiger partial charge in [0, 0.05) is 19.0 Å². The van der Waals surface area contributed by atoms with E-state index in [1.165, 1.54) is 0 Å². The predicted octanol–water partition coefficient (Wildman–Crippen LogP) is 2.04. The number of carbonyl (C=O) groups is 2. The van der Waals surface area contributed by atoms with Crippen molar-refractivity contribution >= 4 is 17.6 Å². The highest BCUT2D eigenvalue weighted by Gasteiger charge is 2.46. The third-order valence-corrected chi connectivity index (χ3v) is 4.86. The maximum Gasteiger partial charge on any atom is 0.356 e. The lowest BCUT2D eigenvalue weighted by Gasteiger charge is -2.44. The summed E-state index contributed by atoms with van der Waals surface area (Å²) in [5.74, 6) is 0.176. The average molecular weight is 317 g/mol. The molecule has 0 bridgehead atoms. The van der Waals surface area contributed by atoms with Gasteiger partial charge >= 0.3 is 5.97 Å². The molecule has 1 amide bonds. The molecular formula is C17H23N3O3. The second kappa shape index (κ2) is 5.92. The smallest absolute Gasteiger partial charge is 0.356 e. The highest BCUT2D eigenvalue weighted by atomic mass is 16.5. The van der Waals surface area contributed by atoms with E-state index >= 15 is 0 Å². The topological polar surface area (TPSA) is 85.5 Å². The lowest BCUT2D eigenvalue weighted by atomic mass is 9.81. The highest BCUT2D eigenvalue weighted by Crippen LogP contribution is 2.48. The van der Waals surface area contributed by atoms with E-state index in [4.69, 9.17) is 10.5 Å². The molecule has 0 aromatic carbocycles. The molecule has 2 aliphatic rings. The van der Waals surface area contributed by atoms with Gasteiger partial charge < -0.3 is 15.4 Å². The number of anilines is 1. The maximum atomic E-state index is 12.2. The minimum Gasteiger partial charge on any atom is -0.461 e. The zero-order chi connectivity index (χ0) is 16.7. The molecule has 3 atom stereocenters. The number of fused-ring (bicyclic) bond motifs is 1. The van der Waals surface area contributed by atoms with Gasteiger partial charge in [0.1, 0.15) is 5.69 Å². The number of nitrogens with zero attached hydrogens (tertiary/aromatic N) is 2. The van der Waals surface area contributed by atoms with Gasteiger partial charge in [-0.1, -0.05) is 6.92 Å². The highest BCUT2D eigenvalue weighted by molar-refractivity contribution is 5.95. The first kappa shape index (κ1) is 15.9. The summed E-state index contributed by atoms with van der Waals surface area (Å²) in [7, 11) is 0. The molecule has 1 aliphatic heterocycles. The average Bonchev–Trinajstić information content (AvgIpc) is 3.34. The van der Waals surface area contributed by atoms with E-state index in [1.807, 2.05) is 4.90 Å². The molecule has 23 heavy (non-hydrogen) atoms. The summed E-state index contributed by atoms with van der Waals surface area (Å²) in [6.45, 7) is 5.70. The number of esters is 1. The van der Waals surface area contributed by atoms with Crippen LogP contribution in [0.2, 0.25) is 0 Å². The lowest BCUT2D eigenvalue weighted by Crippen LogP contribution is -2.51. The van der Waals surface area contributed by atoms with Crippen LogP contribution in [0, 0.1) is 11.8 Å². The van der Waals surface area contributed by atoms with Crippen LogP contribution in [-0.4, -0.2) is 29.5 Å². The van der Waals surface area contributed by atoms with E-state index in [9.17, 15) is 9.59 Å². The van der Waals surface area contributed by atoms with Gasteiger partial charge in [0.25, 0.3) is 0 Å². The van der Waals surface area contributed by atoms with Crippen LogP contribution in [0.15, 0.2) is 12.3 Å². The number of amides is 1. The largest absolute Gasteiger partial charge is 0.461 e. The summed E-state index contributed by atoms with van der Waals surface area (Å²) in [6, 6.07) is 1.57. The quantitative estimate of drug-likeness (QED) is 0.862. The second-order valence-electron chi connectivity index (χ2n) is 6.45. The number of carbonyl (C=O) groups excluding carboxylic acids is 2. The van der Waals surface area contributed by atoms with Crippen molar-refractivity contribution in [2.24, 2.45) is 17.6 Å². The zero-order valence-electron chi connectivity index (χ0n) is 13.8. The van der Waals surface area contributed by atoms with E-state index in [-0.39, 0.29) is 29.6 Å². The van der Waals surface area contributed by atoms with Crippen LogP contribution in [0.4, 0.5) is 5.69 Å². The molecule has 1 aliphatic carbocycles. The third-order valence-electron chi connectivity index (χ3n) is 4.86. The van der Waals surface area contributed by atoms with Crippen molar-refractivity contribution in [1.82, 2.24) is 4.98 Å². The van der Waals surface area contributed by atoms with Gasteiger partial charge in [0.05, 0.1) is 18.5 Å². The van der Waals surface area contributed by atoms with Crippen LogP contribution in [-0.2, 0) is 9.53 Å². The van der Waals surface area contributed by atoms with Crippen LogP contribution in [0.5, 0.6) is 0 Å². The summed E-state index contributed by atoms with van der Waals surface area (Å²) >= 11 is 0. The normalized spacial score (nSPS) is 26.6. The van der Waals surface area contributed by atoms with Gasteiger partial charge in [-0.15, -0.1) is 0 Å². The Bertz CT molecular complexity index is 642. The van der Waals surface area contributed by atoms with Crippen LogP contribution in [0.1, 0.15) is 55.7 Å². The van der Waals surface area contributed by atoms with Crippen molar-refractivity contribution in [3.05, 3.63) is 23.5 Å². The zero-order valence-corrected chi connectivity index (χ0v) is 13.8. The standard InChI is InChI=1S/C17H23N3O3/c1-4-23-17(22)13-7-12-14(8-19-13)20(10(3)21)16(11-5-6-11)9(2)15(12)18/h7-9,11,15-16H,4-6,18H2,1-3H3/t9-,15-,16?/m1/s1. The van der Waals surface area contributed by atoms with Crippen molar-refractivity contribution in [2.45, 2.75) is 45.7 Å². The van der Waals surface area contributed by atoms with Crippen molar-refractivity contribution in [3.8, 4) is 0 Å². The Morgan fingerprint density at radius 1 is 1.43 bits per heavy atom. The van der Waals surface area contributed by atoms with E-state index in [1.54, 1.807) is 26.1 Å². The van der Waals surface area contributed by atoms with Gasteiger partial charge in [0.2, 0.25) is 5.91 Å². The lowest BCUT2D eigenvalue weighted by molar-refractivity contribution is -0.117. The molecule has 6 nitrogen and oxygen atoms in total. The number of pyridine rings is 1. The van der Waals surface area contributed by atoms with Gasteiger partial charge in [-0.2, -0.15) is 0 Å². The number of ether oxygens (including phenoxy) is 1. The molecule has 1 unspecified atom stereocenters. The first-order chi connectivity index (χ1) is 11.0. The Balaban J connectivity index is 2.05. The SMILES string of the molecule is CCOC(=O)c1cc2c(cn1)N(C(C)=O)C(C1CC1)[C@H](C)[C@H]2N. The van der Waals surface area contributed by atoms with Gasteiger partial charge in [0.15, 0.2) is 0 Å². The maximum absolute atomic E-state index is 12.2. The first-order valence-corrected chi connectivity index (χ1v) is 8.18. The molecule has 1 aromatic rings. The van der Waals surface area contributed by atoms with Crippen molar-refractivity contribution in [1.29, 1.82) is 0 Å². The fourth-order valence-corrected chi connectivity index (χ4v) is 3.60. The van der Waals surface area contributed by atoms with Crippen LogP contribution in [0.25, 0.3) is 0 Å². The third kappa shape index (κ3) is 2.72. The van der Waals surface area contributed by atoms with E-state index < -0.39 is 5.97 Å². The van der Waals surface area contributed by atoms with Crippen LogP contribution in [0.3, 0.4) is 0 Å². The van der Waals surface area contributed by atoms with Crippen molar-refractivity contribution < 1.29 is 14.3 Å². The summed E-state index contributed by atoms with van der Waals surface area (Å²) in [5.41, 5.74) is 8.19. The molecule has 1 fully saturated rings. The summed E-state index contributed by atoms with van der Waals surface area (Å²) in [5, 5.41) is 0. The Morgan fingerprint density at radius 2 is 2.13 bits per heavy atom.